The second-order valence-corrected chi connectivity index (χ2v) is 5.15. The van der Waals surface area contributed by atoms with Crippen molar-refractivity contribution in [2.45, 2.75) is 26.0 Å². The van der Waals surface area contributed by atoms with Crippen LogP contribution in [0, 0.1) is 0 Å². The van der Waals surface area contributed by atoms with Gasteiger partial charge in [0.2, 0.25) is 0 Å². The molecule has 2 rings (SSSR count). The summed E-state index contributed by atoms with van der Waals surface area (Å²) in [4.78, 5) is 36.8. The number of rotatable bonds is 6. The van der Waals surface area contributed by atoms with E-state index in [2.05, 4.69) is 10.1 Å². The van der Waals surface area contributed by atoms with Crippen LogP contribution in [-0.4, -0.2) is 42.6 Å². The molecule has 1 aromatic rings. The number of ether oxygens (including phenoxy) is 2. The molecule has 0 unspecified atom stereocenters. The predicted molar refractivity (Wildman–Crippen MR) is 77.3 cm³/mol. The first kappa shape index (κ1) is 17.6. The summed E-state index contributed by atoms with van der Waals surface area (Å²) < 4.78 is 33.3. The third-order valence-corrected chi connectivity index (χ3v) is 3.52. The molecule has 0 aliphatic carbocycles. The zero-order chi connectivity index (χ0) is 17.9. The van der Waals surface area contributed by atoms with Crippen molar-refractivity contribution in [3.8, 4) is 5.75 Å². The van der Waals surface area contributed by atoms with Crippen LogP contribution in [0.15, 0.2) is 24.3 Å². The van der Waals surface area contributed by atoms with Crippen LogP contribution in [0.25, 0.3) is 0 Å². The number of hydrogen-bond donors (Lipinski definition) is 1. The maximum atomic E-state index is 12.5. The van der Waals surface area contributed by atoms with E-state index in [0.29, 0.717) is 5.56 Å². The van der Waals surface area contributed by atoms with Crippen LogP contribution < -0.4 is 10.1 Å². The Morgan fingerprint density at radius 3 is 2.46 bits per heavy atom. The molecule has 1 aromatic carbocycles. The van der Waals surface area contributed by atoms with Gasteiger partial charge in [0.1, 0.15) is 17.8 Å². The number of nitrogens with one attached hydrogen (secondary N) is 1. The van der Waals surface area contributed by atoms with Crippen LogP contribution in [0.2, 0.25) is 0 Å². The lowest BCUT2D eigenvalue weighted by atomic mass is 9.92. The smallest absolute Gasteiger partial charge is 0.387 e. The average Bonchev–Trinajstić information content (AvgIpc) is 2.72. The number of carbonyl (C=O) groups excluding carboxylic acids is 3. The van der Waals surface area contributed by atoms with Gasteiger partial charge in [-0.05, 0) is 31.5 Å². The molecule has 9 heteroatoms. The summed E-state index contributed by atoms with van der Waals surface area (Å²) in [7, 11) is 0. The van der Waals surface area contributed by atoms with Gasteiger partial charge in [-0.3, -0.25) is 14.5 Å². The Labute approximate surface area is 136 Å². The van der Waals surface area contributed by atoms with Gasteiger partial charge in [-0.25, -0.2) is 4.79 Å². The minimum Gasteiger partial charge on any atom is -0.465 e. The van der Waals surface area contributed by atoms with Crippen molar-refractivity contribution < 1.29 is 32.6 Å². The Bertz CT molecular complexity index is 650. The van der Waals surface area contributed by atoms with E-state index in [0.717, 1.165) is 4.90 Å². The third-order valence-electron chi connectivity index (χ3n) is 3.52. The lowest BCUT2D eigenvalue weighted by molar-refractivity contribution is -0.147. The zero-order valence-electron chi connectivity index (χ0n) is 13.0. The molecule has 0 aromatic heterocycles. The van der Waals surface area contributed by atoms with Crippen LogP contribution in [0.1, 0.15) is 19.4 Å². The number of urea groups is 1. The minimum atomic E-state index is -2.96. The molecule has 1 aliphatic rings. The highest BCUT2D eigenvalue weighted by Crippen LogP contribution is 2.30. The van der Waals surface area contributed by atoms with Gasteiger partial charge in [-0.2, -0.15) is 8.78 Å². The van der Waals surface area contributed by atoms with Gasteiger partial charge in [0.05, 0.1) is 6.61 Å². The van der Waals surface area contributed by atoms with E-state index in [9.17, 15) is 23.2 Å². The average molecular weight is 342 g/mol. The normalized spacial score (nSPS) is 20.3. The van der Waals surface area contributed by atoms with Gasteiger partial charge in [-0.1, -0.05) is 12.1 Å². The molecule has 1 N–H and O–H groups in total. The molecule has 1 aliphatic heterocycles. The van der Waals surface area contributed by atoms with E-state index in [4.69, 9.17) is 4.74 Å². The third kappa shape index (κ3) is 3.44. The summed E-state index contributed by atoms with van der Waals surface area (Å²) in [6, 6.07) is 4.58. The van der Waals surface area contributed by atoms with Crippen LogP contribution >= 0.6 is 0 Å². The van der Waals surface area contributed by atoms with Crippen molar-refractivity contribution in [1.82, 2.24) is 10.2 Å². The Hall–Kier alpha value is -2.71. The Morgan fingerprint density at radius 2 is 1.92 bits per heavy atom. The largest absolute Gasteiger partial charge is 0.465 e. The molecular weight excluding hydrogens is 326 g/mol. The maximum Gasteiger partial charge on any atom is 0.387 e. The van der Waals surface area contributed by atoms with Crippen molar-refractivity contribution in [3.63, 3.8) is 0 Å². The number of carbonyl (C=O) groups is 3. The van der Waals surface area contributed by atoms with Gasteiger partial charge >= 0.3 is 18.6 Å². The van der Waals surface area contributed by atoms with Crippen LogP contribution in [-0.2, 0) is 19.9 Å². The monoisotopic (exact) mass is 342 g/mol. The highest BCUT2D eigenvalue weighted by atomic mass is 19.3. The molecule has 130 valence electrons. The van der Waals surface area contributed by atoms with Gasteiger partial charge in [0.15, 0.2) is 0 Å². The number of alkyl halides is 2. The number of hydrogen-bond acceptors (Lipinski definition) is 5. The Kier molecular flexibility index (Phi) is 5.01. The maximum absolute atomic E-state index is 12.5. The molecule has 0 bridgehead atoms. The van der Waals surface area contributed by atoms with Crippen molar-refractivity contribution in [2.24, 2.45) is 0 Å². The summed E-state index contributed by atoms with van der Waals surface area (Å²) in [6.07, 6.45) is 0. The fourth-order valence-electron chi connectivity index (χ4n) is 2.34. The fraction of sp³-hybridized carbons (Fsp3) is 0.400. The van der Waals surface area contributed by atoms with Crippen molar-refractivity contribution >= 4 is 17.9 Å². The second kappa shape index (κ2) is 6.81. The first-order chi connectivity index (χ1) is 11.3. The van der Waals surface area contributed by atoms with Gasteiger partial charge in [0.25, 0.3) is 5.91 Å². The first-order valence-electron chi connectivity index (χ1n) is 7.13. The Balaban J connectivity index is 2.19. The predicted octanol–water partition coefficient (Wildman–Crippen LogP) is 1.62. The number of esters is 1. The number of benzene rings is 1. The van der Waals surface area contributed by atoms with Crippen molar-refractivity contribution in [3.05, 3.63) is 29.8 Å². The molecule has 1 saturated heterocycles. The number of nitrogens with zero attached hydrogens (tertiary/aromatic N) is 1. The minimum absolute atomic E-state index is 0.0718. The van der Waals surface area contributed by atoms with Gasteiger partial charge < -0.3 is 14.8 Å². The summed E-state index contributed by atoms with van der Waals surface area (Å²) in [5, 5.41) is 2.49. The van der Waals surface area contributed by atoms with Gasteiger partial charge in [-0.15, -0.1) is 0 Å². The lowest BCUT2D eigenvalue weighted by Crippen LogP contribution is -2.41. The van der Waals surface area contributed by atoms with Crippen molar-refractivity contribution in [2.75, 3.05) is 13.2 Å². The number of amides is 3. The highest BCUT2D eigenvalue weighted by Gasteiger charge is 2.49. The van der Waals surface area contributed by atoms with E-state index in [1.165, 1.54) is 31.2 Å². The summed E-state index contributed by atoms with van der Waals surface area (Å²) in [5.74, 6) is -1.41. The molecule has 7 nitrogen and oxygen atoms in total. The van der Waals surface area contributed by atoms with Gasteiger partial charge in [0, 0.05) is 0 Å². The molecule has 1 fully saturated rings. The standard InChI is InChI=1S/C15H16F2N2O5/c1-3-23-11(20)8-19-12(21)15(2,18-14(19)22)9-4-6-10(7-5-9)24-13(16)17/h4-7,13H,3,8H2,1-2H3,(H,18,22)/t15-/m1/s1. The SMILES string of the molecule is CCOC(=O)CN1C(=O)N[C@](C)(c2ccc(OC(F)F)cc2)C1=O. The van der Waals surface area contributed by atoms with E-state index in [1.54, 1.807) is 6.92 Å². The number of imide groups is 1. The topological polar surface area (TPSA) is 84.9 Å². The quantitative estimate of drug-likeness (QED) is 0.627. The zero-order valence-corrected chi connectivity index (χ0v) is 13.0. The fourth-order valence-corrected chi connectivity index (χ4v) is 2.34. The van der Waals surface area contributed by atoms with Crippen LogP contribution in [0.4, 0.5) is 13.6 Å². The highest BCUT2D eigenvalue weighted by molar-refractivity contribution is 6.08. The van der Waals surface area contributed by atoms with E-state index >= 15 is 0 Å². The summed E-state index contributed by atoms with van der Waals surface area (Å²) in [5.41, 5.74) is -1.04. The van der Waals surface area contributed by atoms with Crippen LogP contribution in [0.5, 0.6) is 5.75 Å². The van der Waals surface area contributed by atoms with Crippen LogP contribution in [0.3, 0.4) is 0 Å². The first-order valence-corrected chi connectivity index (χ1v) is 7.13. The lowest BCUT2D eigenvalue weighted by Gasteiger charge is -2.22. The molecule has 0 spiro atoms. The molecule has 1 atom stereocenters. The molecule has 0 radical (unpaired) electrons. The van der Waals surface area contributed by atoms with E-state index < -0.39 is 36.6 Å². The molecule has 0 saturated carbocycles. The molecule has 3 amide bonds. The van der Waals surface area contributed by atoms with Crippen molar-refractivity contribution in [1.29, 1.82) is 0 Å². The van der Waals surface area contributed by atoms with E-state index in [-0.39, 0.29) is 12.4 Å². The second-order valence-electron chi connectivity index (χ2n) is 5.15. The molecule has 24 heavy (non-hydrogen) atoms. The Morgan fingerprint density at radius 1 is 1.29 bits per heavy atom. The number of halogens is 2. The summed E-state index contributed by atoms with van der Waals surface area (Å²) in [6.45, 7) is -0.260. The summed E-state index contributed by atoms with van der Waals surface area (Å²) >= 11 is 0. The molecular formula is C15H16F2N2O5. The molecule has 1 heterocycles. The van der Waals surface area contributed by atoms with E-state index in [1.807, 2.05) is 0 Å².